The van der Waals surface area contributed by atoms with E-state index in [1.165, 1.54) is 0 Å². The summed E-state index contributed by atoms with van der Waals surface area (Å²) >= 11 is 12.0. The molecule has 0 aliphatic carbocycles. The number of halogens is 2. The number of benzene rings is 2. The topological polar surface area (TPSA) is 29.5 Å². The maximum atomic E-state index is 11.1. The average molecular weight is 325 g/mol. The van der Waals surface area contributed by atoms with E-state index in [2.05, 4.69) is 0 Å². The van der Waals surface area contributed by atoms with E-state index in [4.69, 9.17) is 27.9 Å². The van der Waals surface area contributed by atoms with Crippen LogP contribution in [0.25, 0.3) is 0 Å². The van der Waals surface area contributed by atoms with Gasteiger partial charge in [0.15, 0.2) is 0 Å². The van der Waals surface area contributed by atoms with E-state index < -0.39 is 5.60 Å². The molecule has 0 amide bonds. The molecule has 2 nitrogen and oxygen atoms in total. The van der Waals surface area contributed by atoms with Crippen molar-refractivity contribution in [2.24, 2.45) is 0 Å². The molecule has 0 aromatic heterocycles. The first-order chi connectivity index (χ1) is 10.1. The molecule has 0 saturated heterocycles. The van der Waals surface area contributed by atoms with Gasteiger partial charge in [0.25, 0.3) is 0 Å². The van der Waals surface area contributed by atoms with Gasteiger partial charge in [-0.2, -0.15) is 0 Å². The molecule has 4 heteroatoms. The van der Waals surface area contributed by atoms with Gasteiger partial charge in [-0.15, -0.1) is 11.6 Å². The number of methoxy groups -OCH3 is 1. The first kappa shape index (κ1) is 16.2. The lowest BCUT2D eigenvalue weighted by molar-refractivity contribution is 0.0331. The first-order valence-electron chi connectivity index (χ1n) is 6.75. The fraction of sp³-hybridized carbons (Fsp3) is 0.294. The van der Waals surface area contributed by atoms with Crippen molar-refractivity contribution in [2.75, 3.05) is 13.0 Å². The van der Waals surface area contributed by atoms with Crippen molar-refractivity contribution < 1.29 is 9.84 Å². The zero-order valence-corrected chi connectivity index (χ0v) is 13.4. The second kappa shape index (κ2) is 7.17. The van der Waals surface area contributed by atoms with Gasteiger partial charge < -0.3 is 9.84 Å². The van der Waals surface area contributed by atoms with Gasteiger partial charge in [0.2, 0.25) is 0 Å². The van der Waals surface area contributed by atoms with E-state index in [1.54, 1.807) is 13.2 Å². The Bertz CT molecular complexity index is 587. The van der Waals surface area contributed by atoms with Crippen molar-refractivity contribution in [2.45, 2.75) is 18.4 Å². The van der Waals surface area contributed by atoms with E-state index >= 15 is 0 Å². The second-order valence-corrected chi connectivity index (χ2v) is 5.78. The minimum absolute atomic E-state index is 0.369. The van der Waals surface area contributed by atoms with Crippen LogP contribution >= 0.6 is 23.2 Å². The zero-order chi connectivity index (χ0) is 15.3. The zero-order valence-electron chi connectivity index (χ0n) is 11.9. The highest BCUT2D eigenvalue weighted by molar-refractivity contribution is 6.30. The van der Waals surface area contributed by atoms with Crippen LogP contribution in [0.1, 0.15) is 17.5 Å². The van der Waals surface area contributed by atoms with Crippen molar-refractivity contribution in [1.29, 1.82) is 0 Å². The fourth-order valence-corrected chi connectivity index (χ4v) is 2.95. The highest BCUT2D eigenvalue weighted by Gasteiger charge is 2.30. The van der Waals surface area contributed by atoms with Crippen molar-refractivity contribution in [1.82, 2.24) is 0 Å². The summed E-state index contributed by atoms with van der Waals surface area (Å²) in [6.07, 6.45) is 0.849. The monoisotopic (exact) mass is 324 g/mol. The van der Waals surface area contributed by atoms with Gasteiger partial charge >= 0.3 is 0 Å². The molecule has 0 fully saturated rings. The lowest BCUT2D eigenvalue weighted by Gasteiger charge is -2.29. The van der Waals surface area contributed by atoms with E-state index in [9.17, 15) is 5.11 Å². The molecule has 0 aliphatic rings. The van der Waals surface area contributed by atoms with Crippen molar-refractivity contribution in [3.05, 3.63) is 64.7 Å². The smallest absolute Gasteiger partial charge is 0.122 e. The molecular formula is C17H18Cl2O2. The van der Waals surface area contributed by atoms with Crippen molar-refractivity contribution in [3.8, 4) is 5.75 Å². The fourth-order valence-electron chi connectivity index (χ4n) is 2.44. The summed E-state index contributed by atoms with van der Waals surface area (Å²) in [5, 5.41) is 11.7. The van der Waals surface area contributed by atoms with E-state index in [0.29, 0.717) is 29.5 Å². The number of aliphatic hydroxyl groups is 1. The Kier molecular flexibility index (Phi) is 5.51. The quantitative estimate of drug-likeness (QED) is 0.797. The molecule has 0 saturated carbocycles. The Labute approximate surface area is 135 Å². The number of hydrogen-bond donors (Lipinski definition) is 1. The van der Waals surface area contributed by atoms with Gasteiger partial charge in [0, 0.05) is 17.3 Å². The summed E-state index contributed by atoms with van der Waals surface area (Å²) in [6, 6.07) is 14.9. The largest absolute Gasteiger partial charge is 0.496 e. The van der Waals surface area contributed by atoms with Gasteiger partial charge in [0.05, 0.1) is 12.7 Å². The van der Waals surface area contributed by atoms with Crippen LogP contribution in [0.3, 0.4) is 0 Å². The third-order valence-electron chi connectivity index (χ3n) is 3.54. The van der Waals surface area contributed by atoms with Crippen LogP contribution in [-0.4, -0.2) is 18.1 Å². The van der Waals surface area contributed by atoms with Crippen LogP contribution in [0.5, 0.6) is 5.75 Å². The van der Waals surface area contributed by atoms with Crippen LogP contribution < -0.4 is 4.74 Å². The summed E-state index contributed by atoms with van der Waals surface area (Å²) in [7, 11) is 1.61. The van der Waals surface area contributed by atoms with Crippen LogP contribution in [0, 0.1) is 0 Å². The van der Waals surface area contributed by atoms with Gasteiger partial charge in [-0.3, -0.25) is 0 Å². The summed E-state index contributed by atoms with van der Waals surface area (Å²) in [5.74, 6) is 1.08. The van der Waals surface area contributed by atoms with Crippen LogP contribution in [-0.2, 0) is 12.0 Å². The Morgan fingerprint density at radius 1 is 1.14 bits per heavy atom. The summed E-state index contributed by atoms with van der Waals surface area (Å²) in [4.78, 5) is 0. The number of alkyl halides is 1. The molecule has 1 N–H and O–H groups in total. The number of rotatable bonds is 6. The molecule has 0 radical (unpaired) electrons. The van der Waals surface area contributed by atoms with Crippen LogP contribution in [0.4, 0.5) is 0 Å². The van der Waals surface area contributed by atoms with Crippen molar-refractivity contribution >= 4 is 23.2 Å². The minimum atomic E-state index is -1.04. The molecule has 112 valence electrons. The SMILES string of the molecule is COc1ccc(Cl)cc1CC(O)(CCCl)c1ccccc1. The van der Waals surface area contributed by atoms with Gasteiger partial charge in [-0.25, -0.2) is 0 Å². The molecule has 2 aromatic rings. The molecule has 1 atom stereocenters. The number of hydrogen-bond acceptors (Lipinski definition) is 2. The van der Waals surface area contributed by atoms with Crippen molar-refractivity contribution in [3.63, 3.8) is 0 Å². The van der Waals surface area contributed by atoms with Crippen LogP contribution in [0.15, 0.2) is 48.5 Å². The predicted molar refractivity (Wildman–Crippen MR) is 87.4 cm³/mol. The lowest BCUT2D eigenvalue weighted by atomic mass is 9.85. The Morgan fingerprint density at radius 2 is 1.86 bits per heavy atom. The lowest BCUT2D eigenvalue weighted by Crippen LogP contribution is -2.29. The van der Waals surface area contributed by atoms with Gasteiger partial charge in [-0.05, 0) is 35.7 Å². The van der Waals surface area contributed by atoms with Crippen LogP contribution in [0.2, 0.25) is 5.02 Å². The Balaban J connectivity index is 2.39. The molecule has 2 rings (SSSR count). The van der Waals surface area contributed by atoms with Gasteiger partial charge in [-0.1, -0.05) is 41.9 Å². The molecule has 0 bridgehead atoms. The van der Waals surface area contributed by atoms with E-state index in [-0.39, 0.29) is 0 Å². The highest BCUT2D eigenvalue weighted by Crippen LogP contribution is 2.34. The summed E-state index contributed by atoms with van der Waals surface area (Å²) < 4.78 is 5.36. The molecule has 21 heavy (non-hydrogen) atoms. The predicted octanol–water partition coefficient (Wildman–Crippen LogP) is 4.41. The standard InChI is InChI=1S/C17H18Cl2O2/c1-21-16-8-7-15(19)11-13(16)12-17(20,9-10-18)14-5-3-2-4-6-14/h2-8,11,20H,9-10,12H2,1H3. The maximum absolute atomic E-state index is 11.1. The summed E-state index contributed by atoms with van der Waals surface area (Å²) in [6.45, 7) is 0. The van der Waals surface area contributed by atoms with Gasteiger partial charge in [0.1, 0.15) is 5.75 Å². The second-order valence-electron chi connectivity index (χ2n) is 4.97. The summed E-state index contributed by atoms with van der Waals surface area (Å²) in [5.41, 5.74) is 0.662. The van der Waals surface area contributed by atoms with E-state index in [0.717, 1.165) is 11.1 Å². The molecule has 2 aromatic carbocycles. The normalized spacial score (nSPS) is 13.7. The third-order valence-corrected chi connectivity index (χ3v) is 3.97. The van der Waals surface area contributed by atoms with E-state index in [1.807, 2.05) is 42.5 Å². The minimum Gasteiger partial charge on any atom is -0.496 e. The molecule has 0 aliphatic heterocycles. The highest BCUT2D eigenvalue weighted by atomic mass is 35.5. The Hall–Kier alpha value is -1.22. The average Bonchev–Trinajstić information content (AvgIpc) is 2.48. The number of ether oxygens (including phenoxy) is 1. The third kappa shape index (κ3) is 3.91. The first-order valence-corrected chi connectivity index (χ1v) is 7.66. The molecule has 0 spiro atoms. The molecular weight excluding hydrogens is 307 g/mol. The molecule has 0 heterocycles. The molecule has 1 unspecified atom stereocenters. The maximum Gasteiger partial charge on any atom is 0.122 e. The Morgan fingerprint density at radius 3 is 2.48 bits per heavy atom.